The molecule has 1 heterocycles. The molecular formula is C11H7Cl2NO3S. The quantitative estimate of drug-likeness (QED) is 0.935. The summed E-state index contributed by atoms with van der Waals surface area (Å²) in [6, 6.07) is 4.88. The van der Waals surface area contributed by atoms with Crippen LogP contribution in [0.5, 0.6) is 5.75 Å². The number of hydrogen-bond donors (Lipinski definition) is 1. The minimum atomic E-state index is -0.997. The number of ether oxygens (including phenoxy) is 1. The zero-order valence-electron chi connectivity index (χ0n) is 8.89. The number of hydrogen-bond acceptors (Lipinski definition) is 4. The molecule has 0 spiro atoms. The van der Waals surface area contributed by atoms with Crippen molar-refractivity contribution in [3.8, 4) is 5.75 Å². The van der Waals surface area contributed by atoms with Crippen molar-refractivity contribution in [2.45, 2.75) is 6.61 Å². The molecule has 4 nitrogen and oxygen atoms in total. The van der Waals surface area contributed by atoms with Crippen LogP contribution >= 0.6 is 34.5 Å². The van der Waals surface area contributed by atoms with E-state index in [9.17, 15) is 4.79 Å². The van der Waals surface area contributed by atoms with Crippen LogP contribution in [0.3, 0.4) is 0 Å². The Bertz CT molecular complexity index is 585. The van der Waals surface area contributed by atoms with Gasteiger partial charge in [-0.15, -0.1) is 11.3 Å². The first-order chi connectivity index (χ1) is 8.56. The van der Waals surface area contributed by atoms with E-state index in [4.69, 9.17) is 33.0 Å². The third kappa shape index (κ3) is 3.13. The van der Waals surface area contributed by atoms with Gasteiger partial charge in [0.25, 0.3) is 0 Å². The molecule has 18 heavy (non-hydrogen) atoms. The van der Waals surface area contributed by atoms with Crippen molar-refractivity contribution in [3.63, 3.8) is 0 Å². The highest BCUT2D eigenvalue weighted by Crippen LogP contribution is 2.28. The van der Waals surface area contributed by atoms with Gasteiger partial charge in [0.1, 0.15) is 22.2 Å². The van der Waals surface area contributed by atoms with Crippen LogP contribution in [-0.4, -0.2) is 16.1 Å². The van der Waals surface area contributed by atoms with E-state index in [0.29, 0.717) is 20.8 Å². The Morgan fingerprint density at radius 1 is 1.44 bits per heavy atom. The number of carboxylic acid groups (broad SMARTS) is 1. The summed E-state index contributed by atoms with van der Waals surface area (Å²) in [5.41, 5.74) is 0. The van der Waals surface area contributed by atoms with Crippen molar-refractivity contribution in [1.29, 1.82) is 0 Å². The fourth-order valence-electron chi connectivity index (χ4n) is 1.21. The molecule has 1 N–H and O–H groups in total. The Morgan fingerprint density at radius 3 is 2.83 bits per heavy atom. The molecule has 0 unspecified atom stereocenters. The van der Waals surface area contributed by atoms with Crippen molar-refractivity contribution < 1.29 is 14.6 Å². The second-order valence-electron chi connectivity index (χ2n) is 3.29. The maximum Gasteiger partial charge on any atom is 0.347 e. The van der Waals surface area contributed by atoms with E-state index in [1.54, 1.807) is 18.2 Å². The lowest BCUT2D eigenvalue weighted by Crippen LogP contribution is -1.94. The van der Waals surface area contributed by atoms with Crippen molar-refractivity contribution in [2.24, 2.45) is 0 Å². The molecule has 2 aromatic rings. The maximum absolute atomic E-state index is 10.7. The molecule has 0 atom stereocenters. The zero-order valence-corrected chi connectivity index (χ0v) is 11.2. The first-order valence-electron chi connectivity index (χ1n) is 4.82. The summed E-state index contributed by atoms with van der Waals surface area (Å²) in [6.45, 7) is 0.166. The zero-order chi connectivity index (χ0) is 13.1. The Balaban J connectivity index is 2.04. The average Bonchev–Trinajstić information content (AvgIpc) is 2.76. The number of benzene rings is 1. The van der Waals surface area contributed by atoms with Gasteiger partial charge in [-0.2, -0.15) is 0 Å². The van der Waals surface area contributed by atoms with Crippen LogP contribution in [0.4, 0.5) is 0 Å². The van der Waals surface area contributed by atoms with Crippen LogP contribution in [0.2, 0.25) is 10.0 Å². The standard InChI is InChI=1S/C11H7Cl2NO3S/c12-6-1-2-8(7(13)3-6)17-5-10-14-4-9(18-10)11(15)16/h1-4H,5H2,(H,15,16). The molecule has 0 amide bonds. The number of aromatic carboxylic acids is 1. The molecule has 0 fully saturated rings. The summed E-state index contributed by atoms with van der Waals surface area (Å²) in [7, 11) is 0. The predicted molar refractivity (Wildman–Crippen MR) is 69.9 cm³/mol. The SMILES string of the molecule is O=C(O)c1cnc(COc2ccc(Cl)cc2Cl)s1. The number of rotatable bonds is 4. The predicted octanol–water partition coefficient (Wildman–Crippen LogP) is 3.73. The smallest absolute Gasteiger partial charge is 0.347 e. The van der Waals surface area contributed by atoms with E-state index < -0.39 is 5.97 Å². The Morgan fingerprint density at radius 2 is 2.22 bits per heavy atom. The van der Waals surface area contributed by atoms with Crippen molar-refractivity contribution in [1.82, 2.24) is 4.98 Å². The summed E-state index contributed by atoms with van der Waals surface area (Å²) in [5, 5.41) is 10.2. The van der Waals surface area contributed by atoms with E-state index >= 15 is 0 Å². The summed E-state index contributed by atoms with van der Waals surface area (Å²) in [5.74, 6) is -0.517. The van der Waals surface area contributed by atoms with Crippen LogP contribution in [0, 0.1) is 0 Å². The van der Waals surface area contributed by atoms with E-state index in [0.717, 1.165) is 11.3 Å². The second kappa shape index (κ2) is 5.56. The van der Waals surface area contributed by atoms with Crippen LogP contribution in [0.15, 0.2) is 24.4 Å². The highest BCUT2D eigenvalue weighted by Gasteiger charge is 2.09. The highest BCUT2D eigenvalue weighted by molar-refractivity contribution is 7.13. The van der Waals surface area contributed by atoms with Gasteiger partial charge in [0.05, 0.1) is 11.2 Å². The minimum Gasteiger partial charge on any atom is -0.485 e. The Hall–Kier alpha value is -1.30. The van der Waals surface area contributed by atoms with Gasteiger partial charge in [-0.1, -0.05) is 23.2 Å². The first-order valence-corrected chi connectivity index (χ1v) is 6.39. The van der Waals surface area contributed by atoms with Gasteiger partial charge in [-0.3, -0.25) is 0 Å². The van der Waals surface area contributed by atoms with Gasteiger partial charge in [0.15, 0.2) is 0 Å². The van der Waals surface area contributed by atoms with Crippen LogP contribution in [0.1, 0.15) is 14.7 Å². The van der Waals surface area contributed by atoms with Gasteiger partial charge in [-0.25, -0.2) is 9.78 Å². The van der Waals surface area contributed by atoms with Gasteiger partial charge < -0.3 is 9.84 Å². The number of thiazole rings is 1. The summed E-state index contributed by atoms with van der Waals surface area (Å²) < 4.78 is 5.44. The Kier molecular flexibility index (Phi) is 4.06. The molecule has 2 rings (SSSR count). The summed E-state index contributed by atoms with van der Waals surface area (Å²) in [4.78, 5) is 14.8. The second-order valence-corrected chi connectivity index (χ2v) is 5.25. The van der Waals surface area contributed by atoms with Crippen molar-refractivity contribution >= 4 is 40.5 Å². The van der Waals surface area contributed by atoms with Gasteiger partial charge in [-0.05, 0) is 18.2 Å². The number of carbonyl (C=O) groups is 1. The lowest BCUT2D eigenvalue weighted by Gasteiger charge is -2.06. The van der Waals surface area contributed by atoms with Crippen molar-refractivity contribution in [3.05, 3.63) is 44.3 Å². The fourth-order valence-corrected chi connectivity index (χ4v) is 2.34. The molecule has 0 aliphatic heterocycles. The van der Waals surface area contributed by atoms with Gasteiger partial charge in [0.2, 0.25) is 0 Å². The number of nitrogens with zero attached hydrogens (tertiary/aromatic N) is 1. The van der Waals surface area contributed by atoms with Gasteiger partial charge >= 0.3 is 5.97 Å². The number of aromatic nitrogens is 1. The van der Waals surface area contributed by atoms with Crippen LogP contribution in [-0.2, 0) is 6.61 Å². The molecule has 0 radical (unpaired) electrons. The topological polar surface area (TPSA) is 59.4 Å². The lowest BCUT2D eigenvalue weighted by atomic mass is 10.3. The fraction of sp³-hybridized carbons (Fsp3) is 0.0909. The third-order valence-corrected chi connectivity index (χ3v) is 3.50. The molecular weight excluding hydrogens is 297 g/mol. The molecule has 1 aromatic carbocycles. The molecule has 1 aromatic heterocycles. The largest absolute Gasteiger partial charge is 0.485 e. The third-order valence-electron chi connectivity index (χ3n) is 2.01. The molecule has 7 heteroatoms. The molecule has 0 saturated heterocycles. The summed E-state index contributed by atoms with van der Waals surface area (Å²) >= 11 is 12.8. The van der Waals surface area contributed by atoms with E-state index in [1.165, 1.54) is 6.20 Å². The van der Waals surface area contributed by atoms with Gasteiger partial charge in [0, 0.05) is 5.02 Å². The monoisotopic (exact) mass is 303 g/mol. The normalized spacial score (nSPS) is 10.3. The molecule has 0 saturated carbocycles. The number of carboxylic acids is 1. The van der Waals surface area contributed by atoms with Crippen molar-refractivity contribution in [2.75, 3.05) is 0 Å². The average molecular weight is 304 g/mol. The van der Waals surface area contributed by atoms with E-state index in [-0.39, 0.29) is 11.5 Å². The lowest BCUT2D eigenvalue weighted by molar-refractivity contribution is 0.0702. The van der Waals surface area contributed by atoms with E-state index in [1.807, 2.05) is 0 Å². The highest BCUT2D eigenvalue weighted by atomic mass is 35.5. The van der Waals surface area contributed by atoms with Crippen LogP contribution in [0.25, 0.3) is 0 Å². The first kappa shape index (κ1) is 13.1. The molecule has 0 bridgehead atoms. The number of halogens is 2. The van der Waals surface area contributed by atoms with E-state index in [2.05, 4.69) is 4.98 Å². The molecule has 0 aliphatic carbocycles. The van der Waals surface area contributed by atoms with Crippen LogP contribution < -0.4 is 4.74 Å². The maximum atomic E-state index is 10.7. The molecule has 0 aliphatic rings. The minimum absolute atomic E-state index is 0.166. The Labute approximate surface area is 117 Å². The summed E-state index contributed by atoms with van der Waals surface area (Å²) in [6.07, 6.45) is 1.30. The molecule has 94 valence electrons.